The molecule has 0 radical (unpaired) electrons. The molecule has 0 amide bonds. The number of nitrogens with zero attached hydrogens (tertiary/aromatic N) is 2. The predicted octanol–water partition coefficient (Wildman–Crippen LogP) is 4.03. The fourth-order valence-corrected chi connectivity index (χ4v) is 4.19. The minimum Gasteiger partial charge on any atom is -0.302 e. The van der Waals surface area contributed by atoms with Gasteiger partial charge in [-0.2, -0.15) is 5.10 Å². The molecule has 0 atom stereocenters. The van der Waals surface area contributed by atoms with Crippen molar-refractivity contribution in [2.75, 3.05) is 19.6 Å². The van der Waals surface area contributed by atoms with Crippen LogP contribution in [-0.4, -0.2) is 34.7 Å². The van der Waals surface area contributed by atoms with E-state index in [4.69, 9.17) is 0 Å². The van der Waals surface area contributed by atoms with Crippen LogP contribution in [-0.2, 0) is 11.8 Å². The van der Waals surface area contributed by atoms with Crippen molar-refractivity contribution in [3.8, 4) is 0 Å². The summed E-state index contributed by atoms with van der Waals surface area (Å²) < 4.78 is 0. The molecule has 3 heteroatoms. The highest BCUT2D eigenvalue weighted by Gasteiger charge is 2.38. The van der Waals surface area contributed by atoms with Crippen molar-refractivity contribution in [3.05, 3.63) is 89.7 Å². The van der Waals surface area contributed by atoms with Crippen molar-refractivity contribution < 1.29 is 0 Å². The van der Waals surface area contributed by atoms with E-state index >= 15 is 0 Å². The van der Waals surface area contributed by atoms with Crippen molar-refractivity contribution in [2.24, 2.45) is 0 Å². The fourth-order valence-electron chi connectivity index (χ4n) is 4.19. The Morgan fingerprint density at radius 2 is 1.64 bits per heavy atom. The molecule has 2 aromatic carbocycles. The summed E-state index contributed by atoms with van der Waals surface area (Å²) in [6, 6.07) is 22.1. The van der Waals surface area contributed by atoms with Gasteiger partial charge in [0.1, 0.15) is 0 Å². The summed E-state index contributed by atoms with van der Waals surface area (Å²) in [7, 11) is 0. The van der Waals surface area contributed by atoms with E-state index in [1.165, 1.54) is 36.1 Å². The normalized spacial score (nSPS) is 17.4. The van der Waals surface area contributed by atoms with Gasteiger partial charge in [-0.15, -0.1) is 0 Å². The Hall–Kier alpha value is -2.39. The van der Waals surface area contributed by atoms with Crippen molar-refractivity contribution >= 4 is 0 Å². The highest BCUT2D eigenvalue weighted by Crippen LogP contribution is 2.40. The first-order chi connectivity index (χ1) is 12.4. The highest BCUT2D eigenvalue weighted by atomic mass is 15.1. The summed E-state index contributed by atoms with van der Waals surface area (Å²) in [5.41, 5.74) is 4.26. The van der Waals surface area contributed by atoms with Crippen LogP contribution < -0.4 is 0 Å². The number of hydrogen-bond acceptors (Lipinski definition) is 2. The van der Waals surface area contributed by atoms with Crippen LogP contribution in [0.25, 0.3) is 0 Å². The molecular formula is C22H25N3. The number of rotatable bonds is 5. The Labute approximate surface area is 149 Å². The number of likely N-dealkylation sites (tertiary alicyclic amines) is 1. The molecule has 0 unspecified atom stereocenters. The predicted molar refractivity (Wildman–Crippen MR) is 102 cm³/mol. The Morgan fingerprint density at radius 1 is 0.960 bits per heavy atom. The quantitative estimate of drug-likeness (QED) is 0.765. The molecule has 2 heterocycles. The lowest BCUT2D eigenvalue weighted by molar-refractivity contribution is 0.170. The summed E-state index contributed by atoms with van der Waals surface area (Å²) in [4.78, 5) is 2.62. The first-order valence-electron chi connectivity index (χ1n) is 9.18. The van der Waals surface area contributed by atoms with Crippen LogP contribution in [0.5, 0.6) is 0 Å². The molecule has 0 bridgehead atoms. The van der Waals surface area contributed by atoms with Gasteiger partial charge in [0.15, 0.2) is 0 Å². The summed E-state index contributed by atoms with van der Waals surface area (Å²) in [6.07, 6.45) is 7.44. The molecule has 0 aliphatic carbocycles. The minimum absolute atomic E-state index is 0.0944. The van der Waals surface area contributed by atoms with Crippen molar-refractivity contribution in [1.82, 2.24) is 15.1 Å². The second-order valence-corrected chi connectivity index (χ2v) is 7.05. The van der Waals surface area contributed by atoms with E-state index in [9.17, 15) is 0 Å². The SMILES string of the molecule is c1ccc(C2(c3ccccc3)CCCN(CCc3cn[nH]c3)C2)cc1. The van der Waals surface area contributed by atoms with Gasteiger partial charge in [0.05, 0.1) is 6.20 Å². The van der Waals surface area contributed by atoms with Crippen LogP contribution in [0.2, 0.25) is 0 Å². The maximum atomic E-state index is 4.07. The van der Waals surface area contributed by atoms with E-state index in [0.29, 0.717) is 0 Å². The molecule has 0 saturated carbocycles. The zero-order valence-corrected chi connectivity index (χ0v) is 14.6. The van der Waals surface area contributed by atoms with Gasteiger partial charge in [0.2, 0.25) is 0 Å². The van der Waals surface area contributed by atoms with Crippen LogP contribution in [0.3, 0.4) is 0 Å². The number of H-pyrrole nitrogens is 1. The maximum Gasteiger partial charge on any atom is 0.0519 e. The molecule has 1 saturated heterocycles. The first-order valence-corrected chi connectivity index (χ1v) is 9.18. The molecule has 0 spiro atoms. The third kappa shape index (κ3) is 3.38. The summed E-state index contributed by atoms with van der Waals surface area (Å²) in [5, 5.41) is 6.98. The van der Waals surface area contributed by atoms with Crippen LogP contribution >= 0.6 is 0 Å². The van der Waals surface area contributed by atoms with E-state index in [1.54, 1.807) is 0 Å². The average Bonchev–Trinajstić information content (AvgIpc) is 3.22. The van der Waals surface area contributed by atoms with Gasteiger partial charge in [-0.1, -0.05) is 60.7 Å². The lowest BCUT2D eigenvalue weighted by Crippen LogP contribution is -2.47. The molecule has 25 heavy (non-hydrogen) atoms. The molecule has 1 fully saturated rings. The van der Waals surface area contributed by atoms with Gasteiger partial charge < -0.3 is 4.90 Å². The maximum absolute atomic E-state index is 4.07. The van der Waals surface area contributed by atoms with Crippen molar-refractivity contribution in [1.29, 1.82) is 0 Å². The van der Waals surface area contributed by atoms with Gasteiger partial charge in [0.25, 0.3) is 0 Å². The molecule has 1 aliphatic heterocycles. The monoisotopic (exact) mass is 331 g/mol. The highest BCUT2D eigenvalue weighted by molar-refractivity contribution is 5.40. The van der Waals surface area contributed by atoms with Crippen LogP contribution in [0.15, 0.2) is 73.1 Å². The molecule has 3 aromatic rings. The van der Waals surface area contributed by atoms with Gasteiger partial charge in [-0.25, -0.2) is 0 Å². The van der Waals surface area contributed by atoms with Crippen molar-refractivity contribution in [2.45, 2.75) is 24.7 Å². The lowest BCUT2D eigenvalue weighted by atomic mass is 9.69. The van der Waals surface area contributed by atoms with Gasteiger partial charge in [0, 0.05) is 24.7 Å². The minimum atomic E-state index is 0.0944. The van der Waals surface area contributed by atoms with E-state index < -0.39 is 0 Å². The van der Waals surface area contributed by atoms with E-state index in [2.05, 4.69) is 75.8 Å². The van der Waals surface area contributed by atoms with E-state index in [1.807, 2.05) is 12.4 Å². The average molecular weight is 331 g/mol. The molecule has 128 valence electrons. The smallest absolute Gasteiger partial charge is 0.0519 e. The largest absolute Gasteiger partial charge is 0.302 e. The Kier molecular flexibility index (Phi) is 4.66. The number of hydrogen-bond donors (Lipinski definition) is 1. The lowest BCUT2D eigenvalue weighted by Gasteiger charge is -2.44. The Morgan fingerprint density at radius 3 is 2.24 bits per heavy atom. The Bertz CT molecular complexity index is 726. The van der Waals surface area contributed by atoms with E-state index in [0.717, 1.165) is 19.5 Å². The molecule has 1 aromatic heterocycles. The summed E-state index contributed by atoms with van der Waals surface area (Å²) in [5.74, 6) is 0. The Balaban J connectivity index is 1.62. The summed E-state index contributed by atoms with van der Waals surface area (Å²) >= 11 is 0. The molecule has 3 nitrogen and oxygen atoms in total. The summed E-state index contributed by atoms with van der Waals surface area (Å²) in [6.45, 7) is 3.35. The van der Waals surface area contributed by atoms with Crippen LogP contribution in [0, 0.1) is 0 Å². The van der Waals surface area contributed by atoms with Crippen LogP contribution in [0.1, 0.15) is 29.5 Å². The molecule has 1 aliphatic rings. The number of aromatic nitrogens is 2. The fraction of sp³-hybridized carbons (Fsp3) is 0.318. The van der Waals surface area contributed by atoms with E-state index in [-0.39, 0.29) is 5.41 Å². The molecule has 4 rings (SSSR count). The number of aromatic amines is 1. The van der Waals surface area contributed by atoms with Gasteiger partial charge in [-0.05, 0) is 42.5 Å². The standard InChI is InChI=1S/C22H25N3/c1-3-8-20(9-4-1)22(21-10-5-2-6-11-21)13-7-14-25(18-22)15-12-19-16-23-24-17-19/h1-6,8-11,16-17H,7,12-15,18H2,(H,23,24). The molecule has 1 N–H and O–H groups in total. The molecular weight excluding hydrogens is 306 g/mol. The van der Waals surface area contributed by atoms with Gasteiger partial charge >= 0.3 is 0 Å². The third-order valence-electron chi connectivity index (χ3n) is 5.50. The second kappa shape index (κ2) is 7.24. The zero-order chi connectivity index (χ0) is 17.0. The number of benzene rings is 2. The van der Waals surface area contributed by atoms with Gasteiger partial charge in [-0.3, -0.25) is 5.10 Å². The van der Waals surface area contributed by atoms with Crippen LogP contribution in [0.4, 0.5) is 0 Å². The second-order valence-electron chi connectivity index (χ2n) is 7.05. The first kappa shape index (κ1) is 16.1. The number of piperidine rings is 1. The number of nitrogens with one attached hydrogen (secondary N) is 1. The zero-order valence-electron chi connectivity index (χ0n) is 14.6. The topological polar surface area (TPSA) is 31.9 Å². The third-order valence-corrected chi connectivity index (χ3v) is 5.50. The van der Waals surface area contributed by atoms with Crippen molar-refractivity contribution in [3.63, 3.8) is 0 Å².